The van der Waals surface area contributed by atoms with E-state index in [-0.39, 0.29) is 0 Å². The van der Waals surface area contributed by atoms with E-state index in [4.69, 9.17) is 19.8 Å². The van der Waals surface area contributed by atoms with Gasteiger partial charge >= 0.3 is 7.60 Å². The van der Waals surface area contributed by atoms with Crippen LogP contribution < -0.4 is 26.6 Å². The molecule has 3 fully saturated rings. The summed E-state index contributed by atoms with van der Waals surface area (Å²) in [6.45, 7) is 14.6. The molecular formula is C33H63N8O3P. The van der Waals surface area contributed by atoms with Crippen LogP contribution in [0.15, 0.2) is 6.07 Å². The Balaban J connectivity index is 1.11. The molecule has 11 nitrogen and oxygen atoms in total. The van der Waals surface area contributed by atoms with Crippen molar-refractivity contribution in [3.63, 3.8) is 0 Å². The van der Waals surface area contributed by atoms with E-state index in [9.17, 15) is 4.57 Å². The fourth-order valence-electron chi connectivity index (χ4n) is 7.26. The Labute approximate surface area is 273 Å². The molecule has 5 N–H and O–H groups in total. The monoisotopic (exact) mass is 650 g/mol. The molecule has 2 heterocycles. The van der Waals surface area contributed by atoms with Crippen LogP contribution in [-0.2, 0) is 13.6 Å². The van der Waals surface area contributed by atoms with Gasteiger partial charge in [0, 0.05) is 44.3 Å². The molecule has 2 aliphatic carbocycles. The summed E-state index contributed by atoms with van der Waals surface area (Å²) in [5, 5.41) is 11.0. The van der Waals surface area contributed by atoms with Gasteiger partial charge in [0.1, 0.15) is 11.6 Å². The number of aromatic nitrogens is 2. The van der Waals surface area contributed by atoms with E-state index in [1.807, 2.05) is 19.9 Å². The molecule has 1 aromatic heterocycles. The normalized spacial score (nSPS) is 23.8. The number of hydrogen-bond donors (Lipinski definition) is 4. The van der Waals surface area contributed by atoms with Gasteiger partial charge in [0.15, 0.2) is 0 Å². The maximum Gasteiger partial charge on any atom is 0.330 e. The second kappa shape index (κ2) is 19.4. The topological polar surface area (TPSA) is 130 Å². The van der Waals surface area contributed by atoms with Crippen molar-refractivity contribution in [3.05, 3.63) is 6.07 Å². The average molecular weight is 651 g/mol. The Bertz CT molecular complexity index is 1010. The Morgan fingerprint density at radius 3 is 2.33 bits per heavy atom. The number of rotatable bonds is 19. The van der Waals surface area contributed by atoms with Gasteiger partial charge in [-0.05, 0) is 110 Å². The van der Waals surface area contributed by atoms with E-state index in [1.54, 1.807) is 0 Å². The van der Waals surface area contributed by atoms with Gasteiger partial charge in [-0.15, -0.1) is 0 Å². The molecular weight excluding hydrogens is 587 g/mol. The minimum absolute atomic E-state index is 0.341. The summed E-state index contributed by atoms with van der Waals surface area (Å²) in [6.07, 6.45) is 14.5. The van der Waals surface area contributed by atoms with Gasteiger partial charge < -0.3 is 35.6 Å². The van der Waals surface area contributed by atoms with Crippen molar-refractivity contribution in [3.8, 4) is 0 Å². The quantitative estimate of drug-likeness (QED) is 0.114. The third-order valence-electron chi connectivity index (χ3n) is 9.87. The van der Waals surface area contributed by atoms with Crippen molar-refractivity contribution >= 4 is 25.2 Å². The van der Waals surface area contributed by atoms with E-state index in [2.05, 4.69) is 37.7 Å². The molecule has 4 rings (SSSR count). The smallest absolute Gasteiger partial charge is 0.330 e. The highest BCUT2D eigenvalue weighted by Gasteiger charge is 2.28. The summed E-state index contributed by atoms with van der Waals surface area (Å²) in [4.78, 5) is 14.1. The molecule has 1 aromatic rings. The van der Waals surface area contributed by atoms with Gasteiger partial charge in [-0.1, -0.05) is 19.3 Å². The predicted octanol–water partition coefficient (Wildman–Crippen LogP) is 5.35. The van der Waals surface area contributed by atoms with Crippen LogP contribution in [0.2, 0.25) is 0 Å². The van der Waals surface area contributed by atoms with Crippen LogP contribution >= 0.6 is 7.60 Å². The third kappa shape index (κ3) is 12.6. The first kappa shape index (κ1) is 36.3. The van der Waals surface area contributed by atoms with E-state index >= 15 is 0 Å². The number of nitrogens with two attached hydrogens (primary N) is 1. The van der Waals surface area contributed by atoms with Gasteiger partial charge in [0.25, 0.3) is 0 Å². The maximum absolute atomic E-state index is 12.8. The predicted molar refractivity (Wildman–Crippen MR) is 186 cm³/mol. The molecule has 0 unspecified atom stereocenters. The fraction of sp³-hybridized carbons (Fsp3) is 0.879. The van der Waals surface area contributed by atoms with Gasteiger partial charge in [0.2, 0.25) is 5.95 Å². The van der Waals surface area contributed by atoms with Crippen LogP contribution in [0.1, 0.15) is 91.4 Å². The number of piperazine rings is 1. The lowest BCUT2D eigenvalue weighted by atomic mass is 9.82. The largest absolute Gasteiger partial charge is 0.383 e. The molecule has 0 amide bonds. The lowest BCUT2D eigenvalue weighted by Crippen LogP contribution is -2.52. The van der Waals surface area contributed by atoms with E-state index < -0.39 is 7.60 Å². The maximum atomic E-state index is 12.8. The van der Waals surface area contributed by atoms with Crippen LogP contribution in [0.5, 0.6) is 0 Å². The zero-order chi connectivity index (χ0) is 31.9. The molecule has 1 aliphatic heterocycles. The molecule has 2 saturated carbocycles. The van der Waals surface area contributed by atoms with Crippen LogP contribution in [0.3, 0.4) is 0 Å². The average Bonchev–Trinajstić information content (AvgIpc) is 3.03. The number of nitrogen functional groups attached to an aromatic ring is 1. The molecule has 0 spiro atoms. The third-order valence-corrected chi connectivity index (χ3v) is 12.0. The molecule has 0 bridgehead atoms. The van der Waals surface area contributed by atoms with E-state index in [1.165, 1.54) is 64.2 Å². The van der Waals surface area contributed by atoms with Gasteiger partial charge in [-0.3, -0.25) is 9.46 Å². The van der Waals surface area contributed by atoms with E-state index in [0.717, 1.165) is 76.6 Å². The second-order valence-corrected chi connectivity index (χ2v) is 15.6. The Hall–Kier alpha value is -1.49. The SMILES string of the molecule is CCOP(=O)(CCCN1CCN(c2cc(N)nc(NCC3CCC(CNCCCNC4CCCCC4)CC3)n2)C[C@@H]1C)OCC. The lowest BCUT2D eigenvalue weighted by molar-refractivity contribution is 0.184. The lowest BCUT2D eigenvalue weighted by Gasteiger charge is -2.40. The molecule has 1 saturated heterocycles. The van der Waals surface area contributed by atoms with Crippen molar-refractivity contribution in [2.24, 2.45) is 11.8 Å². The summed E-state index contributed by atoms with van der Waals surface area (Å²) < 4.78 is 23.7. The van der Waals surface area contributed by atoms with Gasteiger partial charge in [-0.2, -0.15) is 9.97 Å². The number of anilines is 3. The molecule has 12 heteroatoms. The summed E-state index contributed by atoms with van der Waals surface area (Å²) in [5.74, 6) is 3.47. The molecule has 0 aromatic carbocycles. The zero-order valence-electron chi connectivity index (χ0n) is 28.5. The Kier molecular flexibility index (Phi) is 15.6. The van der Waals surface area contributed by atoms with Crippen molar-refractivity contribution < 1.29 is 13.6 Å². The van der Waals surface area contributed by atoms with Crippen molar-refractivity contribution in [2.45, 2.75) is 103 Å². The second-order valence-electron chi connectivity index (χ2n) is 13.4. The summed E-state index contributed by atoms with van der Waals surface area (Å²) >= 11 is 0. The highest BCUT2D eigenvalue weighted by molar-refractivity contribution is 7.53. The molecule has 1 atom stereocenters. The highest BCUT2D eigenvalue weighted by atomic mass is 31.2. The summed E-state index contributed by atoms with van der Waals surface area (Å²) in [5.41, 5.74) is 6.24. The Morgan fingerprint density at radius 1 is 0.933 bits per heavy atom. The van der Waals surface area contributed by atoms with Crippen molar-refractivity contribution in [2.75, 3.05) is 87.7 Å². The van der Waals surface area contributed by atoms with Crippen molar-refractivity contribution in [1.82, 2.24) is 25.5 Å². The zero-order valence-corrected chi connectivity index (χ0v) is 29.4. The minimum Gasteiger partial charge on any atom is -0.383 e. The summed E-state index contributed by atoms with van der Waals surface area (Å²) in [6, 6.07) is 3.00. The van der Waals surface area contributed by atoms with Crippen LogP contribution in [0.25, 0.3) is 0 Å². The van der Waals surface area contributed by atoms with Gasteiger partial charge in [0.05, 0.1) is 19.4 Å². The molecule has 3 aliphatic rings. The molecule has 0 radical (unpaired) electrons. The first-order valence-corrected chi connectivity index (χ1v) is 19.8. The van der Waals surface area contributed by atoms with Crippen LogP contribution in [0, 0.1) is 11.8 Å². The first-order chi connectivity index (χ1) is 21.9. The van der Waals surface area contributed by atoms with Crippen LogP contribution in [0.4, 0.5) is 17.6 Å². The number of nitrogens with one attached hydrogen (secondary N) is 3. The summed E-state index contributed by atoms with van der Waals surface area (Å²) in [7, 11) is -2.99. The highest BCUT2D eigenvalue weighted by Crippen LogP contribution is 2.48. The standard InChI is InChI=1S/C33H63N8O3P/c1-4-43-45(42,44-5-2)22-10-19-40-20-21-41(26-27(40)3)32-23-31(34)38-33(39-32)37-25-29-15-13-28(14-16-29)24-35-17-9-18-36-30-11-7-6-8-12-30/h23,27-30,35-36H,4-22,24-26H2,1-3H3,(H3,34,37,38,39)/t27-,28?,29?/m0/s1. The van der Waals surface area contributed by atoms with Gasteiger partial charge in [-0.25, -0.2) is 0 Å². The Morgan fingerprint density at radius 2 is 1.64 bits per heavy atom. The minimum atomic E-state index is -2.99. The van der Waals surface area contributed by atoms with Crippen LogP contribution in [-0.4, -0.2) is 98.7 Å². The fourth-order valence-corrected chi connectivity index (χ4v) is 8.91. The van der Waals surface area contributed by atoms with Crippen molar-refractivity contribution in [1.29, 1.82) is 0 Å². The molecule has 258 valence electrons. The first-order valence-electron chi connectivity index (χ1n) is 18.1. The number of hydrogen-bond acceptors (Lipinski definition) is 11. The number of nitrogens with zero attached hydrogens (tertiary/aromatic N) is 4. The molecule has 45 heavy (non-hydrogen) atoms. The van der Waals surface area contributed by atoms with E-state index in [0.29, 0.717) is 43.1 Å².